The molecule has 1 N–H and O–H groups in total. The summed E-state index contributed by atoms with van der Waals surface area (Å²) in [5.41, 5.74) is 4.80. The molecule has 0 radical (unpaired) electrons. The number of carbonyl (C=O) groups is 2. The molecule has 0 unspecified atom stereocenters. The van der Waals surface area contributed by atoms with Gasteiger partial charge in [0, 0.05) is 12.3 Å². The van der Waals surface area contributed by atoms with Crippen LogP contribution in [0.15, 0.2) is 17.1 Å². The Morgan fingerprint density at radius 1 is 1.33 bits per heavy atom. The standard InChI is InChI=1S/C19H25N3O2/c1-4-8-20-18(23)11-22-17-10-13(3)12(2)9-16(17)21-15-7-5-6-14(15)19(22)24/h9-10,14H,4-8,11H2,1-3H3,(H,20,23)/t14-/m0/s1. The molecule has 3 rings (SSSR count). The van der Waals surface area contributed by atoms with Crippen LogP contribution in [0.1, 0.15) is 43.7 Å². The van der Waals surface area contributed by atoms with Crippen molar-refractivity contribution in [3.63, 3.8) is 0 Å². The van der Waals surface area contributed by atoms with Gasteiger partial charge in [-0.2, -0.15) is 0 Å². The molecule has 5 nitrogen and oxygen atoms in total. The van der Waals surface area contributed by atoms with Crippen molar-refractivity contribution in [1.29, 1.82) is 0 Å². The van der Waals surface area contributed by atoms with Crippen molar-refractivity contribution in [2.24, 2.45) is 10.9 Å². The van der Waals surface area contributed by atoms with Gasteiger partial charge >= 0.3 is 0 Å². The lowest BCUT2D eigenvalue weighted by Crippen LogP contribution is -2.44. The van der Waals surface area contributed by atoms with Crippen molar-refractivity contribution in [2.45, 2.75) is 46.5 Å². The predicted molar refractivity (Wildman–Crippen MR) is 96.0 cm³/mol. The van der Waals surface area contributed by atoms with Crippen LogP contribution in [0, 0.1) is 19.8 Å². The van der Waals surface area contributed by atoms with Crippen LogP contribution >= 0.6 is 0 Å². The van der Waals surface area contributed by atoms with Crippen molar-refractivity contribution in [1.82, 2.24) is 5.32 Å². The summed E-state index contributed by atoms with van der Waals surface area (Å²) in [6, 6.07) is 4.02. The number of rotatable bonds is 4. The largest absolute Gasteiger partial charge is 0.355 e. The van der Waals surface area contributed by atoms with Gasteiger partial charge in [0.2, 0.25) is 11.8 Å². The quantitative estimate of drug-likeness (QED) is 0.924. The number of aryl methyl sites for hydroxylation is 2. The van der Waals surface area contributed by atoms with Crippen molar-refractivity contribution in [2.75, 3.05) is 18.0 Å². The second kappa shape index (κ2) is 6.75. The number of nitrogens with zero attached hydrogens (tertiary/aromatic N) is 2. The predicted octanol–water partition coefficient (Wildman–Crippen LogP) is 3.05. The van der Waals surface area contributed by atoms with Crippen molar-refractivity contribution in [3.8, 4) is 0 Å². The second-order valence-electron chi connectivity index (χ2n) is 6.75. The van der Waals surface area contributed by atoms with E-state index in [2.05, 4.69) is 5.32 Å². The molecule has 1 aromatic carbocycles. The van der Waals surface area contributed by atoms with E-state index < -0.39 is 0 Å². The normalized spacial score (nSPS) is 19.5. The van der Waals surface area contributed by atoms with Crippen molar-refractivity contribution in [3.05, 3.63) is 23.3 Å². The lowest BCUT2D eigenvalue weighted by Gasteiger charge is -2.25. The minimum atomic E-state index is -0.169. The number of aliphatic imine (C=N–C) groups is 1. The lowest BCUT2D eigenvalue weighted by molar-refractivity contribution is -0.124. The Kier molecular flexibility index (Phi) is 4.69. The molecule has 1 fully saturated rings. The van der Waals surface area contributed by atoms with Crippen LogP contribution in [0.3, 0.4) is 0 Å². The Balaban J connectivity index is 2.00. The van der Waals surface area contributed by atoms with Gasteiger partial charge in [0.1, 0.15) is 6.54 Å². The molecule has 0 bridgehead atoms. The molecule has 0 saturated heterocycles. The minimum absolute atomic E-state index is 0.0138. The molecule has 1 atom stereocenters. The number of benzene rings is 1. The van der Waals surface area contributed by atoms with E-state index >= 15 is 0 Å². The van der Waals surface area contributed by atoms with Crippen molar-refractivity contribution < 1.29 is 9.59 Å². The van der Waals surface area contributed by atoms with Gasteiger partial charge in [-0.05, 0) is 62.8 Å². The molecule has 24 heavy (non-hydrogen) atoms. The van der Waals surface area contributed by atoms with Crippen LogP contribution in [0.25, 0.3) is 0 Å². The van der Waals surface area contributed by atoms with E-state index in [0.717, 1.165) is 53.9 Å². The summed E-state index contributed by atoms with van der Waals surface area (Å²) in [5, 5.41) is 2.87. The van der Waals surface area contributed by atoms with Crippen LogP contribution in [0.5, 0.6) is 0 Å². The number of nitrogens with one attached hydrogen (secondary N) is 1. The monoisotopic (exact) mass is 327 g/mol. The molecule has 1 aromatic rings. The molecular formula is C19H25N3O2. The average Bonchev–Trinajstić information content (AvgIpc) is 2.98. The highest BCUT2D eigenvalue weighted by Crippen LogP contribution is 2.39. The topological polar surface area (TPSA) is 61.8 Å². The summed E-state index contributed by atoms with van der Waals surface area (Å²) in [7, 11) is 0. The molecule has 2 amide bonds. The zero-order valence-electron chi connectivity index (χ0n) is 14.7. The Bertz CT molecular complexity index is 709. The van der Waals surface area contributed by atoms with E-state index in [1.54, 1.807) is 4.90 Å². The van der Waals surface area contributed by atoms with Crippen molar-refractivity contribution >= 4 is 28.9 Å². The first-order chi connectivity index (χ1) is 11.5. The summed E-state index contributed by atoms with van der Waals surface area (Å²) in [6.07, 6.45) is 3.57. The average molecular weight is 327 g/mol. The Morgan fingerprint density at radius 3 is 2.83 bits per heavy atom. The number of hydrogen-bond acceptors (Lipinski definition) is 3. The van der Waals surface area contributed by atoms with E-state index in [1.807, 2.05) is 32.9 Å². The molecule has 1 saturated carbocycles. The molecule has 0 spiro atoms. The van der Waals surface area contributed by atoms with Gasteiger partial charge in [-0.1, -0.05) is 6.92 Å². The number of hydrogen-bond donors (Lipinski definition) is 1. The highest BCUT2D eigenvalue weighted by atomic mass is 16.2. The van der Waals surface area contributed by atoms with Gasteiger partial charge in [-0.15, -0.1) is 0 Å². The Labute approximate surface area is 143 Å². The molecular weight excluding hydrogens is 302 g/mol. The SMILES string of the molecule is CCCNC(=O)CN1C(=O)[C@H]2CCCC2=Nc2cc(C)c(C)cc21. The number of carbonyl (C=O) groups excluding carboxylic acids is 2. The van der Waals surface area contributed by atoms with Crippen LogP contribution in [0.2, 0.25) is 0 Å². The highest BCUT2D eigenvalue weighted by molar-refractivity contribution is 6.16. The molecule has 1 heterocycles. The van der Waals surface area contributed by atoms with E-state index in [1.165, 1.54) is 0 Å². The Hall–Kier alpha value is -2.17. The lowest BCUT2D eigenvalue weighted by atomic mass is 10.0. The van der Waals surface area contributed by atoms with E-state index in [9.17, 15) is 9.59 Å². The molecule has 0 aromatic heterocycles. The van der Waals surface area contributed by atoms with E-state index in [-0.39, 0.29) is 24.3 Å². The fourth-order valence-electron chi connectivity index (χ4n) is 3.41. The van der Waals surface area contributed by atoms with Gasteiger partial charge in [-0.3, -0.25) is 14.6 Å². The maximum Gasteiger partial charge on any atom is 0.240 e. The second-order valence-corrected chi connectivity index (χ2v) is 6.75. The van der Waals surface area contributed by atoms with Gasteiger partial charge in [0.05, 0.1) is 17.3 Å². The number of anilines is 1. The molecule has 5 heteroatoms. The molecule has 2 aliphatic rings. The van der Waals surface area contributed by atoms with E-state index in [4.69, 9.17) is 4.99 Å². The van der Waals surface area contributed by atoms with Crippen LogP contribution in [-0.2, 0) is 9.59 Å². The van der Waals surface area contributed by atoms with Gasteiger partial charge in [0.15, 0.2) is 0 Å². The first-order valence-electron chi connectivity index (χ1n) is 8.78. The van der Waals surface area contributed by atoms with Gasteiger partial charge in [0.25, 0.3) is 0 Å². The minimum Gasteiger partial charge on any atom is -0.355 e. The summed E-state index contributed by atoms with van der Waals surface area (Å²) in [4.78, 5) is 31.7. The summed E-state index contributed by atoms with van der Waals surface area (Å²) in [6.45, 7) is 6.78. The molecule has 1 aliphatic heterocycles. The molecule has 128 valence electrons. The third kappa shape index (κ3) is 3.07. The third-order valence-electron chi connectivity index (χ3n) is 4.91. The maximum atomic E-state index is 13.1. The van der Waals surface area contributed by atoms with E-state index in [0.29, 0.717) is 6.54 Å². The zero-order chi connectivity index (χ0) is 17.3. The van der Waals surface area contributed by atoms with Crippen LogP contribution in [-0.4, -0.2) is 30.6 Å². The number of amides is 2. The first kappa shape index (κ1) is 16.7. The summed E-state index contributed by atoms with van der Waals surface area (Å²) < 4.78 is 0. The third-order valence-corrected chi connectivity index (χ3v) is 4.91. The smallest absolute Gasteiger partial charge is 0.240 e. The highest BCUT2D eigenvalue weighted by Gasteiger charge is 2.37. The maximum absolute atomic E-state index is 13.1. The fraction of sp³-hybridized carbons (Fsp3) is 0.526. The molecule has 1 aliphatic carbocycles. The summed E-state index contributed by atoms with van der Waals surface area (Å²) >= 11 is 0. The summed E-state index contributed by atoms with van der Waals surface area (Å²) in [5.74, 6) is -0.271. The van der Waals surface area contributed by atoms with Crippen LogP contribution < -0.4 is 10.2 Å². The van der Waals surface area contributed by atoms with Gasteiger partial charge < -0.3 is 10.2 Å². The zero-order valence-corrected chi connectivity index (χ0v) is 14.7. The van der Waals surface area contributed by atoms with Gasteiger partial charge in [-0.25, -0.2) is 0 Å². The fourth-order valence-corrected chi connectivity index (χ4v) is 3.41. The number of fused-ring (bicyclic) bond motifs is 2. The van der Waals surface area contributed by atoms with Crippen LogP contribution in [0.4, 0.5) is 11.4 Å². The first-order valence-corrected chi connectivity index (χ1v) is 8.78. The Morgan fingerprint density at radius 2 is 2.08 bits per heavy atom.